The van der Waals surface area contributed by atoms with E-state index < -0.39 is 6.09 Å². The molecule has 8 nitrogen and oxygen atoms in total. The Balaban J connectivity index is 1.72. The van der Waals surface area contributed by atoms with Gasteiger partial charge in [-0.25, -0.2) is 14.6 Å². The lowest BCUT2D eigenvalue weighted by atomic mass is 9.86. The number of aromatic nitrogens is 2. The molecule has 0 bridgehead atoms. The molecule has 1 aromatic carbocycles. The Bertz CT molecular complexity index is 798. The van der Waals surface area contributed by atoms with Gasteiger partial charge in [-0.1, -0.05) is 32.9 Å². The summed E-state index contributed by atoms with van der Waals surface area (Å²) in [5.41, 5.74) is 1.03. The van der Waals surface area contributed by atoms with Crippen molar-refractivity contribution < 1.29 is 14.3 Å². The summed E-state index contributed by atoms with van der Waals surface area (Å²) in [4.78, 5) is 30.1. The van der Waals surface area contributed by atoms with Crippen molar-refractivity contribution in [3.05, 3.63) is 43.0 Å². The molecule has 1 aliphatic heterocycles. The minimum absolute atomic E-state index is 0.115. The van der Waals surface area contributed by atoms with Crippen LogP contribution in [0.2, 0.25) is 0 Å². The molecular weight excluding hydrogens is 346 g/mol. The number of carbonyl (C=O) groups excluding carboxylic acids is 2. The minimum atomic E-state index is -0.405. The largest absolute Gasteiger partial charge is 0.447 e. The van der Waals surface area contributed by atoms with Crippen molar-refractivity contribution in [3.8, 4) is 0 Å². The maximum atomic E-state index is 12.7. The van der Waals surface area contributed by atoms with Gasteiger partial charge in [0.25, 0.3) is 0 Å². The van der Waals surface area contributed by atoms with E-state index in [4.69, 9.17) is 4.74 Å². The Morgan fingerprint density at radius 1 is 1.33 bits per heavy atom. The molecule has 8 heteroatoms. The fourth-order valence-electron chi connectivity index (χ4n) is 2.89. The third-order valence-corrected chi connectivity index (χ3v) is 4.51. The molecule has 3 amide bonds. The highest BCUT2D eigenvalue weighted by molar-refractivity contribution is 5.99. The molecule has 144 valence electrons. The number of cyclic esters (lactones) is 1. The third kappa shape index (κ3) is 4.58. The number of amides is 3. The van der Waals surface area contributed by atoms with E-state index in [1.54, 1.807) is 24.7 Å². The fraction of sp³-hybridized carbons (Fsp3) is 0.421. The van der Waals surface area contributed by atoms with E-state index in [1.165, 1.54) is 4.90 Å². The molecule has 2 N–H and O–H groups in total. The highest BCUT2D eigenvalue weighted by atomic mass is 16.6. The zero-order chi connectivity index (χ0) is 19.4. The van der Waals surface area contributed by atoms with Crippen LogP contribution in [0.5, 0.6) is 0 Å². The Hall–Kier alpha value is -3.03. The molecule has 2 aromatic rings. The number of nitrogens with one attached hydrogen (secondary N) is 2. The van der Waals surface area contributed by atoms with Gasteiger partial charge in [0.2, 0.25) is 0 Å². The molecule has 1 aliphatic rings. The zero-order valence-electron chi connectivity index (χ0n) is 15.8. The van der Waals surface area contributed by atoms with Crippen LogP contribution in [0.4, 0.5) is 21.0 Å². The quantitative estimate of drug-likeness (QED) is 0.845. The van der Waals surface area contributed by atoms with Gasteiger partial charge >= 0.3 is 12.1 Å². The van der Waals surface area contributed by atoms with E-state index in [9.17, 15) is 9.59 Å². The lowest BCUT2D eigenvalue weighted by Crippen LogP contribution is -2.48. The summed E-state index contributed by atoms with van der Waals surface area (Å²) in [5, 5.41) is 5.91. The van der Waals surface area contributed by atoms with Gasteiger partial charge in [0.1, 0.15) is 6.61 Å². The van der Waals surface area contributed by atoms with Crippen LogP contribution >= 0.6 is 0 Å². The van der Waals surface area contributed by atoms with Gasteiger partial charge in [0.05, 0.1) is 30.3 Å². The molecule has 0 aliphatic carbocycles. The molecule has 1 atom stereocenters. The van der Waals surface area contributed by atoms with Crippen LogP contribution in [0.3, 0.4) is 0 Å². The van der Waals surface area contributed by atoms with E-state index in [2.05, 4.69) is 36.4 Å². The van der Waals surface area contributed by atoms with Crippen LogP contribution in [0.1, 0.15) is 20.8 Å². The summed E-state index contributed by atoms with van der Waals surface area (Å²) in [6.07, 6.45) is 4.90. The lowest BCUT2D eigenvalue weighted by Gasteiger charge is -2.32. The maximum Gasteiger partial charge on any atom is 0.414 e. The van der Waals surface area contributed by atoms with Crippen LogP contribution in [0.25, 0.3) is 0 Å². The molecule has 1 fully saturated rings. The number of anilines is 2. The topological polar surface area (TPSA) is 88.5 Å². The number of rotatable bonds is 5. The number of hydrogen-bond donors (Lipinski definition) is 2. The molecule has 27 heavy (non-hydrogen) atoms. The number of carbonyl (C=O) groups is 2. The van der Waals surface area contributed by atoms with Gasteiger partial charge in [-0.3, -0.25) is 4.90 Å². The zero-order valence-corrected chi connectivity index (χ0v) is 15.8. The second-order valence-corrected chi connectivity index (χ2v) is 7.56. The van der Waals surface area contributed by atoms with Gasteiger partial charge in [-0.15, -0.1) is 0 Å². The summed E-state index contributed by atoms with van der Waals surface area (Å²) in [5.74, 6) is 0. The van der Waals surface area contributed by atoms with Crippen molar-refractivity contribution in [2.45, 2.75) is 33.4 Å². The first-order chi connectivity index (χ1) is 12.8. The van der Waals surface area contributed by atoms with Crippen molar-refractivity contribution in [2.24, 2.45) is 5.41 Å². The SMILES string of the molecule is CC(C)(C)[C@H](Cn1ccnc1)NC(=O)Nc1ccccc1N1CCOC1=O. The number of hydrogen-bond acceptors (Lipinski definition) is 4. The first kappa shape index (κ1) is 18.8. The van der Waals surface area contributed by atoms with Crippen LogP contribution in [0.15, 0.2) is 43.0 Å². The summed E-state index contributed by atoms with van der Waals surface area (Å²) in [7, 11) is 0. The predicted molar refractivity (Wildman–Crippen MR) is 103 cm³/mol. The lowest BCUT2D eigenvalue weighted by molar-refractivity contribution is 0.181. The Labute approximate surface area is 158 Å². The number of urea groups is 1. The highest BCUT2D eigenvalue weighted by Crippen LogP contribution is 2.28. The summed E-state index contributed by atoms with van der Waals surface area (Å²) < 4.78 is 6.93. The molecule has 0 saturated carbocycles. The second kappa shape index (κ2) is 7.69. The fourth-order valence-corrected chi connectivity index (χ4v) is 2.89. The molecule has 0 spiro atoms. The van der Waals surface area contributed by atoms with Gasteiger partial charge in [-0.05, 0) is 17.5 Å². The first-order valence-electron chi connectivity index (χ1n) is 8.91. The molecule has 0 radical (unpaired) electrons. The number of benzene rings is 1. The number of para-hydroxylation sites is 2. The Morgan fingerprint density at radius 3 is 2.74 bits per heavy atom. The maximum absolute atomic E-state index is 12.7. The van der Waals surface area contributed by atoms with Crippen LogP contribution in [-0.2, 0) is 11.3 Å². The average molecular weight is 371 g/mol. The third-order valence-electron chi connectivity index (χ3n) is 4.51. The predicted octanol–water partition coefficient (Wildman–Crippen LogP) is 3.08. The van der Waals surface area contributed by atoms with Crippen molar-refractivity contribution in [3.63, 3.8) is 0 Å². The van der Waals surface area contributed by atoms with Crippen molar-refractivity contribution in [1.29, 1.82) is 0 Å². The van der Waals surface area contributed by atoms with E-state index in [1.807, 2.05) is 22.9 Å². The molecule has 1 saturated heterocycles. The number of imidazole rings is 1. The first-order valence-corrected chi connectivity index (χ1v) is 8.91. The summed E-state index contributed by atoms with van der Waals surface area (Å²) in [6, 6.07) is 6.75. The van der Waals surface area contributed by atoms with Crippen LogP contribution in [-0.4, -0.2) is 40.9 Å². The smallest absolute Gasteiger partial charge is 0.414 e. The number of ether oxygens (including phenoxy) is 1. The summed E-state index contributed by atoms with van der Waals surface area (Å²) >= 11 is 0. The van der Waals surface area contributed by atoms with Gasteiger partial charge in [-0.2, -0.15) is 0 Å². The van der Waals surface area contributed by atoms with E-state index in [0.717, 1.165) is 0 Å². The van der Waals surface area contributed by atoms with Crippen molar-refractivity contribution in [2.75, 3.05) is 23.4 Å². The highest BCUT2D eigenvalue weighted by Gasteiger charge is 2.28. The molecule has 0 unspecified atom stereocenters. The van der Waals surface area contributed by atoms with Crippen LogP contribution in [0, 0.1) is 5.41 Å². The standard InChI is InChI=1S/C19H25N5O3/c1-19(2,3)16(12-23-9-8-20-13-23)22-17(25)21-14-6-4-5-7-15(14)24-10-11-27-18(24)26/h4-9,13,16H,10-12H2,1-3H3,(H2,21,22,25)/t16-/m0/s1. The molecular formula is C19H25N5O3. The molecule has 2 heterocycles. The van der Waals surface area contributed by atoms with Crippen molar-refractivity contribution in [1.82, 2.24) is 14.9 Å². The van der Waals surface area contributed by atoms with E-state index >= 15 is 0 Å². The number of nitrogens with zero attached hydrogens (tertiary/aromatic N) is 3. The average Bonchev–Trinajstić information content (AvgIpc) is 3.25. The van der Waals surface area contributed by atoms with E-state index in [-0.39, 0.29) is 17.5 Å². The van der Waals surface area contributed by atoms with Crippen molar-refractivity contribution >= 4 is 23.5 Å². The summed E-state index contributed by atoms with van der Waals surface area (Å²) in [6.45, 7) is 7.63. The van der Waals surface area contributed by atoms with E-state index in [0.29, 0.717) is 31.1 Å². The second-order valence-electron chi connectivity index (χ2n) is 7.56. The minimum Gasteiger partial charge on any atom is -0.447 e. The Morgan fingerprint density at radius 2 is 2.11 bits per heavy atom. The van der Waals surface area contributed by atoms with Gasteiger partial charge in [0, 0.05) is 18.9 Å². The monoisotopic (exact) mass is 371 g/mol. The van der Waals surface area contributed by atoms with Crippen LogP contribution < -0.4 is 15.5 Å². The normalized spacial score (nSPS) is 15.4. The molecule has 1 aromatic heterocycles. The Kier molecular flexibility index (Phi) is 5.34. The van der Waals surface area contributed by atoms with Gasteiger partial charge < -0.3 is 19.9 Å². The molecule has 3 rings (SSSR count). The van der Waals surface area contributed by atoms with Gasteiger partial charge in [0.15, 0.2) is 0 Å².